The van der Waals surface area contributed by atoms with E-state index in [1.807, 2.05) is 4.90 Å². The Morgan fingerprint density at radius 3 is 2.47 bits per heavy atom. The maximum atomic E-state index is 14.4. The molecule has 1 aliphatic heterocycles. The highest BCUT2D eigenvalue weighted by Crippen LogP contribution is 2.33. The van der Waals surface area contributed by atoms with Crippen molar-refractivity contribution in [3.8, 4) is 11.1 Å². The molecule has 2 N–H and O–H groups in total. The number of fused-ring (bicyclic) bond motifs is 1. The van der Waals surface area contributed by atoms with Gasteiger partial charge in [0.2, 0.25) is 11.9 Å². The van der Waals surface area contributed by atoms with Crippen LogP contribution >= 0.6 is 11.3 Å². The van der Waals surface area contributed by atoms with Gasteiger partial charge in [0.1, 0.15) is 10.5 Å². The van der Waals surface area contributed by atoms with Crippen LogP contribution in [0.1, 0.15) is 57.8 Å². The van der Waals surface area contributed by atoms with Gasteiger partial charge in [-0.3, -0.25) is 14.6 Å². The molecule has 180 valence electrons. The zero-order valence-electron chi connectivity index (χ0n) is 19.3. The molecule has 3 aromatic rings. The molecule has 3 heterocycles. The summed E-state index contributed by atoms with van der Waals surface area (Å²) in [5, 5.41) is 5.10. The Kier molecular flexibility index (Phi) is 6.94. The molecule has 0 radical (unpaired) electrons. The highest BCUT2D eigenvalue weighted by molar-refractivity contribution is 7.17. The van der Waals surface area contributed by atoms with Crippen molar-refractivity contribution >= 4 is 33.4 Å². The molecular weight excluding hydrogens is 451 g/mol. The summed E-state index contributed by atoms with van der Waals surface area (Å²) in [7, 11) is 0. The van der Waals surface area contributed by atoms with Gasteiger partial charge in [0.25, 0.3) is 5.56 Å². The Hall–Kier alpha value is -2.74. The summed E-state index contributed by atoms with van der Waals surface area (Å²) in [5.41, 5.74) is 1.40. The van der Waals surface area contributed by atoms with Gasteiger partial charge in [0.15, 0.2) is 0 Å². The van der Waals surface area contributed by atoms with Crippen molar-refractivity contribution in [3.05, 3.63) is 45.8 Å². The minimum absolute atomic E-state index is 0.00716. The van der Waals surface area contributed by atoms with Gasteiger partial charge in [-0.05, 0) is 31.7 Å². The first kappa shape index (κ1) is 23.0. The van der Waals surface area contributed by atoms with E-state index in [1.165, 1.54) is 49.5 Å². The van der Waals surface area contributed by atoms with Gasteiger partial charge < -0.3 is 10.2 Å². The van der Waals surface area contributed by atoms with E-state index in [0.717, 1.165) is 25.7 Å². The van der Waals surface area contributed by atoms with Crippen LogP contribution in [0.25, 0.3) is 21.3 Å². The molecular formula is C26H31FN4O2S. The Balaban J connectivity index is 1.28. The van der Waals surface area contributed by atoms with Gasteiger partial charge in [0, 0.05) is 41.6 Å². The lowest BCUT2D eigenvalue weighted by molar-refractivity contribution is -0.126. The van der Waals surface area contributed by atoms with Crippen LogP contribution in [0.4, 0.5) is 10.3 Å². The van der Waals surface area contributed by atoms with E-state index < -0.39 is 0 Å². The van der Waals surface area contributed by atoms with E-state index in [2.05, 4.69) is 10.3 Å². The molecule has 2 fully saturated rings. The molecule has 2 aromatic heterocycles. The van der Waals surface area contributed by atoms with E-state index in [9.17, 15) is 14.0 Å². The zero-order valence-corrected chi connectivity index (χ0v) is 20.1. The molecule has 6 nitrogen and oxygen atoms in total. The fourth-order valence-corrected chi connectivity index (χ4v) is 6.11. The average molecular weight is 483 g/mol. The van der Waals surface area contributed by atoms with Crippen LogP contribution in [0.3, 0.4) is 0 Å². The van der Waals surface area contributed by atoms with E-state index in [4.69, 9.17) is 4.98 Å². The van der Waals surface area contributed by atoms with Crippen molar-refractivity contribution in [2.45, 2.75) is 63.8 Å². The molecule has 0 bridgehead atoms. The quantitative estimate of drug-likeness (QED) is 0.533. The number of rotatable bonds is 4. The van der Waals surface area contributed by atoms with Gasteiger partial charge in [-0.2, -0.15) is 0 Å². The standard InChI is InChI=1S/C26H31FN4O2S/c27-21-11-7-6-10-19(21)20-16-34-23-22(20)29-26(30-25(23)33)31-14-12-17(13-15-31)24(32)28-18-8-4-2-1-3-5-9-18/h6-7,10-11,16-18H,1-5,8-9,12-15H2,(H,28,32)(H,29,30,33). The summed E-state index contributed by atoms with van der Waals surface area (Å²) in [4.78, 5) is 35.3. The van der Waals surface area contributed by atoms with Gasteiger partial charge in [-0.25, -0.2) is 9.37 Å². The number of H-pyrrole nitrogens is 1. The second-order valence-electron chi connectivity index (χ2n) is 9.51. The number of carbonyl (C=O) groups is 1. The minimum atomic E-state index is -0.332. The van der Waals surface area contributed by atoms with Crippen molar-refractivity contribution in [2.24, 2.45) is 5.92 Å². The normalized spacial score (nSPS) is 18.6. The van der Waals surface area contributed by atoms with Crippen molar-refractivity contribution in [1.82, 2.24) is 15.3 Å². The van der Waals surface area contributed by atoms with Gasteiger partial charge in [-0.1, -0.05) is 50.3 Å². The Bertz CT molecular complexity index is 1210. The molecule has 1 saturated heterocycles. The molecule has 1 aliphatic carbocycles. The van der Waals surface area contributed by atoms with E-state index >= 15 is 0 Å². The van der Waals surface area contributed by atoms with E-state index in [-0.39, 0.29) is 23.2 Å². The summed E-state index contributed by atoms with van der Waals surface area (Å²) in [6.45, 7) is 1.30. The van der Waals surface area contributed by atoms with Crippen LogP contribution in [0.2, 0.25) is 0 Å². The first-order chi connectivity index (χ1) is 16.6. The van der Waals surface area contributed by atoms with Gasteiger partial charge in [0.05, 0.1) is 5.52 Å². The fourth-order valence-electron chi connectivity index (χ4n) is 5.21. The van der Waals surface area contributed by atoms with Crippen molar-refractivity contribution < 1.29 is 9.18 Å². The number of nitrogens with zero attached hydrogens (tertiary/aromatic N) is 2. The van der Waals surface area contributed by atoms with E-state index in [0.29, 0.717) is 46.4 Å². The molecule has 2 aliphatic rings. The number of aromatic amines is 1. The molecule has 5 rings (SSSR count). The lowest BCUT2D eigenvalue weighted by atomic mass is 9.93. The summed E-state index contributed by atoms with van der Waals surface area (Å²) < 4.78 is 14.9. The highest BCUT2D eigenvalue weighted by Gasteiger charge is 2.28. The molecule has 34 heavy (non-hydrogen) atoms. The second-order valence-corrected chi connectivity index (χ2v) is 10.4. The number of thiophene rings is 1. The van der Waals surface area contributed by atoms with Crippen molar-refractivity contribution in [1.29, 1.82) is 0 Å². The number of piperidine rings is 1. The molecule has 1 saturated carbocycles. The number of halogens is 1. The number of hydrogen-bond donors (Lipinski definition) is 2. The van der Waals surface area contributed by atoms with Gasteiger partial charge >= 0.3 is 0 Å². The van der Waals surface area contributed by atoms with Crippen LogP contribution in [0.5, 0.6) is 0 Å². The molecule has 1 aromatic carbocycles. The Morgan fingerprint density at radius 2 is 1.74 bits per heavy atom. The SMILES string of the molecule is O=C(NC1CCCCCCC1)C1CCN(c2nc3c(-c4ccccc4F)csc3c(=O)[nH]2)CC1. The molecule has 8 heteroatoms. The largest absolute Gasteiger partial charge is 0.353 e. The first-order valence-corrected chi connectivity index (χ1v) is 13.3. The van der Waals surface area contributed by atoms with Gasteiger partial charge in [-0.15, -0.1) is 11.3 Å². The summed E-state index contributed by atoms with van der Waals surface area (Å²) >= 11 is 1.28. The van der Waals surface area contributed by atoms with Crippen LogP contribution in [0.15, 0.2) is 34.4 Å². The number of amides is 1. The maximum Gasteiger partial charge on any atom is 0.270 e. The predicted octanol–water partition coefficient (Wildman–Crippen LogP) is 5.24. The number of aromatic nitrogens is 2. The smallest absolute Gasteiger partial charge is 0.270 e. The Labute approximate surface area is 202 Å². The first-order valence-electron chi connectivity index (χ1n) is 12.4. The Morgan fingerprint density at radius 1 is 1.03 bits per heavy atom. The minimum Gasteiger partial charge on any atom is -0.353 e. The van der Waals surface area contributed by atoms with Crippen LogP contribution in [-0.2, 0) is 4.79 Å². The number of hydrogen-bond acceptors (Lipinski definition) is 5. The van der Waals surface area contributed by atoms with Crippen LogP contribution < -0.4 is 15.8 Å². The van der Waals surface area contributed by atoms with Crippen molar-refractivity contribution in [2.75, 3.05) is 18.0 Å². The number of anilines is 1. The topological polar surface area (TPSA) is 78.1 Å². The maximum absolute atomic E-state index is 14.4. The highest BCUT2D eigenvalue weighted by atomic mass is 32.1. The van der Waals surface area contributed by atoms with Crippen molar-refractivity contribution in [3.63, 3.8) is 0 Å². The number of benzene rings is 1. The second kappa shape index (κ2) is 10.3. The zero-order chi connectivity index (χ0) is 23.5. The third kappa shape index (κ3) is 4.87. The summed E-state index contributed by atoms with van der Waals surface area (Å²) in [5.74, 6) is 0.323. The third-order valence-electron chi connectivity index (χ3n) is 7.19. The number of nitrogens with one attached hydrogen (secondary N) is 2. The summed E-state index contributed by atoms with van der Waals surface area (Å²) in [6, 6.07) is 6.86. The number of carbonyl (C=O) groups excluding carboxylic acids is 1. The molecule has 0 atom stereocenters. The van der Waals surface area contributed by atoms with E-state index in [1.54, 1.807) is 23.6 Å². The monoisotopic (exact) mass is 482 g/mol. The summed E-state index contributed by atoms with van der Waals surface area (Å²) in [6.07, 6.45) is 9.86. The van der Waals surface area contributed by atoms with Crippen LogP contribution in [-0.4, -0.2) is 35.0 Å². The molecule has 1 amide bonds. The molecule has 0 unspecified atom stereocenters. The average Bonchev–Trinajstić information content (AvgIpc) is 3.25. The van der Waals surface area contributed by atoms with Crippen LogP contribution in [0, 0.1) is 11.7 Å². The fraction of sp³-hybridized carbons (Fsp3) is 0.500. The predicted molar refractivity (Wildman–Crippen MR) is 135 cm³/mol. The third-order valence-corrected chi connectivity index (χ3v) is 8.16. The lowest BCUT2D eigenvalue weighted by Gasteiger charge is -2.32. The lowest BCUT2D eigenvalue weighted by Crippen LogP contribution is -2.44. The molecule has 0 spiro atoms.